The first-order valence-electron chi connectivity index (χ1n) is 8.19. The van der Waals surface area contributed by atoms with E-state index in [1.165, 1.54) is 17.2 Å². The molecule has 132 valence electrons. The molecule has 1 aliphatic rings. The quantitative estimate of drug-likeness (QED) is 0.703. The van der Waals surface area contributed by atoms with Crippen molar-refractivity contribution in [2.75, 3.05) is 6.54 Å². The maximum Gasteiger partial charge on any atom is 0.345 e. The molecular formula is C14H22N6O3S. The van der Waals surface area contributed by atoms with Crippen molar-refractivity contribution in [2.24, 2.45) is 0 Å². The second-order valence-corrected chi connectivity index (χ2v) is 7.54. The van der Waals surface area contributed by atoms with Gasteiger partial charge in [0.15, 0.2) is 5.03 Å². The van der Waals surface area contributed by atoms with Crippen LogP contribution in [0.5, 0.6) is 0 Å². The Kier molecular flexibility index (Phi) is 4.86. The van der Waals surface area contributed by atoms with E-state index in [9.17, 15) is 13.2 Å². The Labute approximate surface area is 140 Å². The summed E-state index contributed by atoms with van der Waals surface area (Å²) < 4.78 is 31.6. The van der Waals surface area contributed by atoms with E-state index in [-0.39, 0.29) is 17.3 Å². The summed E-state index contributed by atoms with van der Waals surface area (Å²) in [6, 6.07) is 0. The van der Waals surface area contributed by atoms with Gasteiger partial charge in [0, 0.05) is 38.8 Å². The molecule has 0 aliphatic carbocycles. The number of aryl methyl sites for hydroxylation is 3. The van der Waals surface area contributed by atoms with Crippen LogP contribution in [-0.4, -0.2) is 38.9 Å². The van der Waals surface area contributed by atoms with E-state index in [2.05, 4.69) is 14.8 Å². The number of imidazole rings is 1. The average molecular weight is 354 g/mol. The molecule has 1 aliphatic heterocycles. The van der Waals surface area contributed by atoms with Gasteiger partial charge in [-0.25, -0.2) is 27.6 Å². The molecule has 0 aromatic carbocycles. The summed E-state index contributed by atoms with van der Waals surface area (Å²) in [5, 5.41) is 4.34. The van der Waals surface area contributed by atoms with Gasteiger partial charge in [0.2, 0.25) is 0 Å². The molecule has 24 heavy (non-hydrogen) atoms. The van der Waals surface area contributed by atoms with Gasteiger partial charge in [-0.05, 0) is 26.2 Å². The van der Waals surface area contributed by atoms with E-state index in [0.717, 1.165) is 31.6 Å². The normalized spacial score (nSPS) is 14.7. The number of aromatic nitrogens is 5. The van der Waals surface area contributed by atoms with Crippen molar-refractivity contribution >= 4 is 10.0 Å². The number of nitrogens with one attached hydrogen (secondary N) is 1. The molecule has 0 amide bonds. The summed E-state index contributed by atoms with van der Waals surface area (Å²) >= 11 is 0. The van der Waals surface area contributed by atoms with E-state index in [1.807, 2.05) is 6.92 Å². The molecule has 2 aromatic rings. The highest BCUT2D eigenvalue weighted by Crippen LogP contribution is 2.09. The summed E-state index contributed by atoms with van der Waals surface area (Å²) in [4.78, 5) is 16.1. The minimum absolute atomic E-state index is 0.0129. The van der Waals surface area contributed by atoms with Crippen molar-refractivity contribution in [1.82, 2.24) is 28.6 Å². The molecule has 0 unspecified atom stereocenters. The SMILES string of the molecule is CCn1cnc(S(=O)(=O)NCCCn2nc3n(c2=O)CCCC3)c1. The van der Waals surface area contributed by atoms with Gasteiger partial charge >= 0.3 is 5.69 Å². The molecule has 0 saturated heterocycles. The highest BCUT2D eigenvalue weighted by molar-refractivity contribution is 7.89. The number of rotatable bonds is 7. The Morgan fingerprint density at radius 1 is 1.33 bits per heavy atom. The Morgan fingerprint density at radius 3 is 2.88 bits per heavy atom. The monoisotopic (exact) mass is 354 g/mol. The van der Waals surface area contributed by atoms with Crippen molar-refractivity contribution in [1.29, 1.82) is 0 Å². The number of hydrogen-bond acceptors (Lipinski definition) is 5. The first kappa shape index (κ1) is 16.9. The van der Waals surface area contributed by atoms with Crippen LogP contribution in [0.15, 0.2) is 22.3 Å². The third-order valence-corrected chi connectivity index (χ3v) is 5.47. The van der Waals surface area contributed by atoms with E-state index < -0.39 is 10.0 Å². The molecule has 9 nitrogen and oxygen atoms in total. The molecule has 0 fully saturated rings. The van der Waals surface area contributed by atoms with Gasteiger partial charge in [0.25, 0.3) is 10.0 Å². The summed E-state index contributed by atoms with van der Waals surface area (Å²) in [5.74, 6) is 0.830. The molecule has 0 bridgehead atoms. The summed E-state index contributed by atoms with van der Waals surface area (Å²) in [6.45, 7) is 3.92. The lowest BCUT2D eigenvalue weighted by Gasteiger charge is -2.09. The van der Waals surface area contributed by atoms with Gasteiger partial charge in [-0.1, -0.05) is 0 Å². The summed E-state index contributed by atoms with van der Waals surface area (Å²) in [5.41, 5.74) is -0.103. The zero-order chi connectivity index (χ0) is 17.2. The van der Waals surface area contributed by atoms with Gasteiger partial charge in [-0.2, -0.15) is 5.10 Å². The molecule has 3 rings (SSSR count). The second-order valence-electron chi connectivity index (χ2n) is 5.82. The molecule has 3 heterocycles. The van der Waals surface area contributed by atoms with Gasteiger partial charge in [-0.15, -0.1) is 0 Å². The Balaban J connectivity index is 1.55. The van der Waals surface area contributed by atoms with Crippen LogP contribution in [0.3, 0.4) is 0 Å². The highest BCUT2D eigenvalue weighted by atomic mass is 32.2. The number of hydrogen-bond donors (Lipinski definition) is 1. The fraction of sp³-hybridized carbons (Fsp3) is 0.643. The Bertz CT molecular complexity index is 863. The number of nitrogens with zero attached hydrogens (tertiary/aromatic N) is 5. The second kappa shape index (κ2) is 6.89. The van der Waals surface area contributed by atoms with Gasteiger partial charge < -0.3 is 4.57 Å². The van der Waals surface area contributed by atoms with Crippen LogP contribution in [0, 0.1) is 0 Å². The van der Waals surface area contributed by atoms with Crippen LogP contribution < -0.4 is 10.4 Å². The lowest BCUT2D eigenvalue weighted by atomic mass is 10.2. The first-order valence-corrected chi connectivity index (χ1v) is 9.67. The van der Waals surface area contributed by atoms with Crippen LogP contribution in [0.25, 0.3) is 0 Å². The number of sulfonamides is 1. The Hall–Kier alpha value is -1.94. The van der Waals surface area contributed by atoms with E-state index in [4.69, 9.17) is 0 Å². The largest absolute Gasteiger partial charge is 0.345 e. The van der Waals surface area contributed by atoms with Gasteiger partial charge in [0.1, 0.15) is 5.82 Å². The smallest absolute Gasteiger partial charge is 0.336 e. The van der Waals surface area contributed by atoms with Crippen LogP contribution in [0.2, 0.25) is 0 Å². The molecule has 0 atom stereocenters. The fourth-order valence-electron chi connectivity index (χ4n) is 2.75. The molecule has 2 aromatic heterocycles. The van der Waals surface area contributed by atoms with E-state index in [1.54, 1.807) is 9.13 Å². The highest BCUT2D eigenvalue weighted by Gasteiger charge is 2.18. The molecule has 0 spiro atoms. The number of fused-ring (bicyclic) bond motifs is 1. The van der Waals surface area contributed by atoms with E-state index in [0.29, 0.717) is 19.5 Å². The van der Waals surface area contributed by atoms with Crippen LogP contribution in [-0.2, 0) is 36.1 Å². The van der Waals surface area contributed by atoms with Crippen molar-refractivity contribution < 1.29 is 8.42 Å². The van der Waals surface area contributed by atoms with Crippen LogP contribution >= 0.6 is 0 Å². The maximum atomic E-state index is 12.2. The van der Waals surface area contributed by atoms with Crippen molar-refractivity contribution in [3.05, 3.63) is 28.8 Å². The molecule has 1 N–H and O–H groups in total. The predicted octanol–water partition coefficient (Wildman–Crippen LogP) is -0.0339. The summed E-state index contributed by atoms with van der Waals surface area (Å²) in [6.07, 6.45) is 6.36. The van der Waals surface area contributed by atoms with Gasteiger partial charge in [0.05, 0.1) is 6.33 Å². The molecule has 0 saturated carbocycles. The lowest BCUT2D eigenvalue weighted by molar-refractivity contribution is 0.508. The zero-order valence-electron chi connectivity index (χ0n) is 13.7. The third-order valence-electron chi connectivity index (χ3n) is 4.12. The average Bonchev–Trinajstić information content (AvgIpc) is 3.18. The fourth-order valence-corrected chi connectivity index (χ4v) is 3.78. The zero-order valence-corrected chi connectivity index (χ0v) is 14.5. The Morgan fingerprint density at radius 2 is 2.17 bits per heavy atom. The van der Waals surface area contributed by atoms with Gasteiger partial charge in [-0.3, -0.25) is 4.57 Å². The topological polar surface area (TPSA) is 104 Å². The third kappa shape index (κ3) is 3.44. The standard InChI is InChI=1S/C14H22N6O3S/c1-2-18-10-13(15-11-18)24(22,23)16-7-5-9-20-14(21)19-8-4-3-6-12(19)17-20/h10-11,16H,2-9H2,1H3. The van der Waals surface area contributed by atoms with Crippen molar-refractivity contribution in [3.63, 3.8) is 0 Å². The lowest BCUT2D eigenvalue weighted by Crippen LogP contribution is -2.29. The molecule has 0 radical (unpaired) electrons. The van der Waals surface area contributed by atoms with Crippen molar-refractivity contribution in [3.8, 4) is 0 Å². The minimum atomic E-state index is -3.61. The first-order chi connectivity index (χ1) is 11.5. The maximum absolute atomic E-state index is 12.2. The molecular weight excluding hydrogens is 332 g/mol. The minimum Gasteiger partial charge on any atom is -0.336 e. The predicted molar refractivity (Wildman–Crippen MR) is 87.1 cm³/mol. The van der Waals surface area contributed by atoms with Crippen LogP contribution in [0.4, 0.5) is 0 Å². The van der Waals surface area contributed by atoms with Crippen LogP contribution in [0.1, 0.15) is 32.0 Å². The van der Waals surface area contributed by atoms with E-state index >= 15 is 0 Å². The summed E-state index contributed by atoms with van der Waals surface area (Å²) in [7, 11) is -3.61. The van der Waals surface area contributed by atoms with Crippen molar-refractivity contribution in [2.45, 2.75) is 57.3 Å². The molecule has 10 heteroatoms.